The van der Waals surface area contributed by atoms with Crippen LogP contribution < -0.4 is 5.73 Å². The maximum Gasteiger partial charge on any atom is 0.320 e. The molecule has 76 valence electrons. The van der Waals surface area contributed by atoms with Crippen LogP contribution in [0.15, 0.2) is 12.4 Å². The minimum absolute atomic E-state index is 0. The van der Waals surface area contributed by atoms with Crippen molar-refractivity contribution in [3.63, 3.8) is 0 Å². The van der Waals surface area contributed by atoms with Crippen molar-refractivity contribution in [3.8, 4) is 0 Å². The molecule has 0 saturated carbocycles. The number of carboxylic acid groups (broad SMARTS) is 1. The second-order valence-electron chi connectivity index (χ2n) is 2.26. The maximum atomic E-state index is 10.3. The Balaban J connectivity index is 0. The average Bonchev–Trinajstić information content (AvgIpc) is 2.39. The number of aromatic nitrogens is 2. The number of carboxylic acids is 1. The van der Waals surface area contributed by atoms with Crippen molar-refractivity contribution < 1.29 is 9.90 Å². The summed E-state index contributed by atoms with van der Waals surface area (Å²) in [7, 11) is 0. The third kappa shape index (κ3) is 4.72. The van der Waals surface area contributed by atoms with E-state index in [1.807, 2.05) is 0 Å². The molecule has 1 aromatic heterocycles. The summed E-state index contributed by atoms with van der Waals surface area (Å²) < 4.78 is 0. The zero-order valence-corrected chi connectivity index (χ0v) is 8.27. The standard InChI is InChI=1S/C6H9N3O2.2ClH/c7-5(6(10)11)1-4-2-8-9-3-4;;/h2-3,5H,1,7H2,(H,8,9)(H,10,11);2*1H/t5-;;/m0../s1. The van der Waals surface area contributed by atoms with Gasteiger partial charge in [0.1, 0.15) is 6.04 Å². The van der Waals surface area contributed by atoms with E-state index in [-0.39, 0.29) is 24.8 Å². The van der Waals surface area contributed by atoms with E-state index in [0.717, 1.165) is 5.56 Å². The van der Waals surface area contributed by atoms with E-state index in [2.05, 4.69) is 10.2 Å². The number of rotatable bonds is 3. The summed E-state index contributed by atoms with van der Waals surface area (Å²) in [5, 5.41) is 14.7. The number of aromatic amines is 1. The maximum absolute atomic E-state index is 10.3. The lowest BCUT2D eigenvalue weighted by atomic mass is 10.1. The van der Waals surface area contributed by atoms with E-state index in [4.69, 9.17) is 10.8 Å². The molecule has 1 aromatic rings. The highest BCUT2D eigenvalue weighted by Gasteiger charge is 2.11. The first-order valence-corrected chi connectivity index (χ1v) is 3.16. The lowest BCUT2D eigenvalue weighted by Gasteiger charge is -2.01. The molecule has 0 unspecified atom stereocenters. The van der Waals surface area contributed by atoms with E-state index in [1.54, 1.807) is 12.4 Å². The van der Waals surface area contributed by atoms with Crippen molar-refractivity contribution in [1.82, 2.24) is 10.2 Å². The molecule has 0 bridgehead atoms. The van der Waals surface area contributed by atoms with Gasteiger partial charge in [0.2, 0.25) is 0 Å². The van der Waals surface area contributed by atoms with Crippen molar-refractivity contribution in [1.29, 1.82) is 0 Å². The summed E-state index contributed by atoms with van der Waals surface area (Å²) in [6.07, 6.45) is 3.50. The molecular formula is C6H11Cl2N3O2. The van der Waals surface area contributed by atoms with Gasteiger partial charge in [0, 0.05) is 12.6 Å². The van der Waals surface area contributed by atoms with Gasteiger partial charge in [0.05, 0.1) is 6.20 Å². The number of aliphatic carboxylic acids is 1. The summed E-state index contributed by atoms with van der Waals surface area (Å²) in [4.78, 5) is 10.3. The molecule has 13 heavy (non-hydrogen) atoms. The van der Waals surface area contributed by atoms with Crippen molar-refractivity contribution in [2.75, 3.05) is 0 Å². The van der Waals surface area contributed by atoms with Crippen molar-refractivity contribution in [3.05, 3.63) is 18.0 Å². The van der Waals surface area contributed by atoms with Gasteiger partial charge in [-0.1, -0.05) is 0 Å². The molecule has 0 amide bonds. The van der Waals surface area contributed by atoms with Gasteiger partial charge in [-0.05, 0) is 5.56 Å². The third-order valence-corrected chi connectivity index (χ3v) is 1.33. The Morgan fingerprint density at radius 3 is 2.69 bits per heavy atom. The molecule has 1 atom stereocenters. The Hall–Kier alpha value is -0.780. The van der Waals surface area contributed by atoms with Crippen LogP contribution in [0.5, 0.6) is 0 Å². The molecule has 0 aromatic carbocycles. The van der Waals surface area contributed by atoms with Crippen LogP contribution in [0.3, 0.4) is 0 Å². The Labute approximate surface area is 87.5 Å². The van der Waals surface area contributed by atoms with Gasteiger partial charge in [-0.15, -0.1) is 24.8 Å². The first-order valence-electron chi connectivity index (χ1n) is 3.16. The number of carbonyl (C=O) groups is 1. The van der Waals surface area contributed by atoms with Gasteiger partial charge in [-0.25, -0.2) is 0 Å². The molecule has 0 radical (unpaired) electrons. The molecule has 7 heteroatoms. The molecule has 0 aliphatic rings. The fourth-order valence-corrected chi connectivity index (χ4v) is 0.731. The van der Waals surface area contributed by atoms with Crippen LogP contribution in [0.1, 0.15) is 5.56 Å². The van der Waals surface area contributed by atoms with Crippen LogP contribution in [0.2, 0.25) is 0 Å². The van der Waals surface area contributed by atoms with Crippen LogP contribution in [-0.4, -0.2) is 27.3 Å². The number of halogens is 2. The van der Waals surface area contributed by atoms with Crippen molar-refractivity contribution in [2.45, 2.75) is 12.5 Å². The van der Waals surface area contributed by atoms with E-state index in [1.165, 1.54) is 0 Å². The molecule has 1 heterocycles. The first kappa shape index (κ1) is 14.7. The second kappa shape index (κ2) is 6.71. The number of H-pyrrole nitrogens is 1. The van der Waals surface area contributed by atoms with E-state index in [0.29, 0.717) is 6.42 Å². The van der Waals surface area contributed by atoms with E-state index < -0.39 is 12.0 Å². The molecule has 5 nitrogen and oxygen atoms in total. The lowest BCUT2D eigenvalue weighted by Crippen LogP contribution is -2.32. The van der Waals surface area contributed by atoms with Crippen LogP contribution >= 0.6 is 24.8 Å². The average molecular weight is 228 g/mol. The summed E-state index contributed by atoms with van der Waals surface area (Å²) in [6.45, 7) is 0. The number of hydrogen-bond donors (Lipinski definition) is 3. The van der Waals surface area contributed by atoms with Crippen LogP contribution in [0.25, 0.3) is 0 Å². The van der Waals surface area contributed by atoms with Gasteiger partial charge in [0.25, 0.3) is 0 Å². The molecule has 4 N–H and O–H groups in total. The molecule has 0 aliphatic heterocycles. The highest BCUT2D eigenvalue weighted by Crippen LogP contribution is 1.97. The summed E-state index contributed by atoms with van der Waals surface area (Å²) in [6, 6.07) is -0.840. The quantitative estimate of drug-likeness (QED) is 0.689. The molecule has 0 spiro atoms. The smallest absolute Gasteiger partial charge is 0.320 e. The van der Waals surface area contributed by atoms with Gasteiger partial charge in [-0.2, -0.15) is 5.10 Å². The van der Waals surface area contributed by atoms with Crippen molar-refractivity contribution >= 4 is 30.8 Å². The van der Waals surface area contributed by atoms with Crippen LogP contribution in [0.4, 0.5) is 0 Å². The van der Waals surface area contributed by atoms with Crippen molar-refractivity contribution in [2.24, 2.45) is 5.73 Å². The number of hydrogen-bond acceptors (Lipinski definition) is 3. The second-order valence-corrected chi connectivity index (χ2v) is 2.26. The predicted octanol–water partition coefficient (Wildman–Crippen LogP) is 0.208. The first-order chi connectivity index (χ1) is 5.20. The Kier molecular flexibility index (Phi) is 7.60. The highest BCUT2D eigenvalue weighted by molar-refractivity contribution is 5.85. The van der Waals surface area contributed by atoms with E-state index >= 15 is 0 Å². The Morgan fingerprint density at radius 2 is 2.31 bits per heavy atom. The largest absolute Gasteiger partial charge is 0.480 e. The third-order valence-electron chi connectivity index (χ3n) is 1.33. The zero-order valence-electron chi connectivity index (χ0n) is 6.64. The topological polar surface area (TPSA) is 92.0 Å². The summed E-state index contributed by atoms with van der Waals surface area (Å²) in [5.41, 5.74) is 6.07. The minimum atomic E-state index is -0.994. The van der Waals surface area contributed by atoms with Gasteiger partial charge in [0.15, 0.2) is 0 Å². The summed E-state index contributed by atoms with van der Waals surface area (Å²) >= 11 is 0. The molecule has 0 saturated heterocycles. The predicted molar refractivity (Wildman–Crippen MR) is 52.4 cm³/mol. The normalized spacial score (nSPS) is 10.8. The SMILES string of the molecule is Cl.Cl.N[C@@H](Cc1cn[nH]c1)C(=O)O. The Bertz CT molecular complexity index is 240. The fraction of sp³-hybridized carbons (Fsp3) is 0.333. The monoisotopic (exact) mass is 227 g/mol. The number of nitrogens with two attached hydrogens (primary N) is 1. The molecular weight excluding hydrogens is 217 g/mol. The van der Waals surface area contributed by atoms with Crippen LogP contribution in [-0.2, 0) is 11.2 Å². The van der Waals surface area contributed by atoms with Gasteiger partial charge < -0.3 is 10.8 Å². The molecule has 1 rings (SSSR count). The van der Waals surface area contributed by atoms with Gasteiger partial charge in [-0.3, -0.25) is 9.89 Å². The summed E-state index contributed by atoms with van der Waals surface area (Å²) in [5.74, 6) is -0.994. The van der Waals surface area contributed by atoms with E-state index in [9.17, 15) is 4.79 Å². The fourth-order valence-electron chi connectivity index (χ4n) is 0.731. The van der Waals surface area contributed by atoms with Gasteiger partial charge >= 0.3 is 5.97 Å². The number of nitrogens with one attached hydrogen (secondary N) is 1. The number of nitrogens with zero attached hydrogens (tertiary/aromatic N) is 1. The van der Waals surface area contributed by atoms with Crippen LogP contribution in [0, 0.1) is 0 Å². The lowest BCUT2D eigenvalue weighted by molar-refractivity contribution is -0.138. The molecule has 0 aliphatic carbocycles. The Morgan fingerprint density at radius 1 is 1.69 bits per heavy atom. The minimum Gasteiger partial charge on any atom is -0.480 e. The molecule has 0 fully saturated rings. The zero-order chi connectivity index (χ0) is 8.27. The highest BCUT2D eigenvalue weighted by atomic mass is 35.5.